The molecule has 0 saturated heterocycles. The lowest BCUT2D eigenvalue weighted by Crippen LogP contribution is -2.02. The fourth-order valence-electron chi connectivity index (χ4n) is 1.08. The quantitative estimate of drug-likeness (QED) is 0.812. The van der Waals surface area contributed by atoms with Crippen LogP contribution in [0.1, 0.15) is 5.56 Å². The molecule has 0 bridgehead atoms. The van der Waals surface area contributed by atoms with E-state index < -0.39 is 0 Å². The Balaban J connectivity index is 2.50. The number of rotatable bonds is 5. The first-order valence-corrected chi connectivity index (χ1v) is 4.85. The Kier molecular flexibility index (Phi) is 4.50. The van der Waals surface area contributed by atoms with Crippen molar-refractivity contribution in [3.05, 3.63) is 41.4 Å². The van der Waals surface area contributed by atoms with E-state index in [1.165, 1.54) is 5.56 Å². The van der Waals surface area contributed by atoms with Crippen molar-refractivity contribution < 1.29 is 4.74 Å². The van der Waals surface area contributed by atoms with Gasteiger partial charge in [0.1, 0.15) is 12.4 Å². The van der Waals surface area contributed by atoms with Gasteiger partial charge in [0.15, 0.2) is 0 Å². The summed E-state index contributed by atoms with van der Waals surface area (Å²) in [5.41, 5.74) is 6.65. The SMILES string of the molecule is C=C(Cl)COc1ccc(CCN)cc1. The van der Waals surface area contributed by atoms with Gasteiger partial charge >= 0.3 is 0 Å². The molecular weight excluding hydrogens is 198 g/mol. The van der Waals surface area contributed by atoms with Crippen LogP contribution in [0.15, 0.2) is 35.9 Å². The van der Waals surface area contributed by atoms with Gasteiger partial charge in [-0.25, -0.2) is 0 Å². The zero-order chi connectivity index (χ0) is 10.4. The lowest BCUT2D eigenvalue weighted by Gasteiger charge is -2.05. The van der Waals surface area contributed by atoms with Crippen LogP contribution in [-0.4, -0.2) is 13.2 Å². The molecule has 0 aliphatic carbocycles. The Hall–Kier alpha value is -0.990. The molecule has 0 unspecified atom stereocenters. The van der Waals surface area contributed by atoms with Crippen molar-refractivity contribution >= 4 is 11.6 Å². The normalized spacial score (nSPS) is 9.86. The largest absolute Gasteiger partial charge is 0.488 e. The molecule has 0 aliphatic heterocycles. The van der Waals surface area contributed by atoms with Gasteiger partial charge in [0.2, 0.25) is 0 Å². The van der Waals surface area contributed by atoms with Crippen LogP contribution in [0.25, 0.3) is 0 Å². The highest BCUT2D eigenvalue weighted by atomic mass is 35.5. The van der Waals surface area contributed by atoms with Gasteiger partial charge in [-0.2, -0.15) is 0 Å². The highest BCUT2D eigenvalue weighted by Crippen LogP contribution is 2.13. The molecule has 1 aromatic rings. The second-order valence-electron chi connectivity index (χ2n) is 2.99. The van der Waals surface area contributed by atoms with Gasteiger partial charge < -0.3 is 10.5 Å². The van der Waals surface area contributed by atoms with Crippen molar-refractivity contribution in [3.8, 4) is 5.75 Å². The lowest BCUT2D eigenvalue weighted by molar-refractivity contribution is 0.359. The summed E-state index contributed by atoms with van der Waals surface area (Å²) in [6, 6.07) is 7.81. The van der Waals surface area contributed by atoms with Crippen LogP contribution in [-0.2, 0) is 6.42 Å². The molecule has 1 rings (SSSR count). The van der Waals surface area contributed by atoms with Crippen LogP contribution >= 0.6 is 11.6 Å². The second-order valence-corrected chi connectivity index (χ2v) is 3.52. The third-order valence-electron chi connectivity index (χ3n) is 1.75. The molecule has 0 aliphatic rings. The molecule has 0 radical (unpaired) electrons. The van der Waals surface area contributed by atoms with Gasteiger partial charge in [-0.15, -0.1) is 0 Å². The lowest BCUT2D eigenvalue weighted by atomic mass is 10.1. The summed E-state index contributed by atoms with van der Waals surface area (Å²) in [5.74, 6) is 0.799. The van der Waals surface area contributed by atoms with Crippen LogP contribution in [0.4, 0.5) is 0 Å². The number of halogens is 1. The summed E-state index contributed by atoms with van der Waals surface area (Å²) in [6.07, 6.45) is 0.891. The summed E-state index contributed by atoms with van der Waals surface area (Å²) in [5, 5.41) is 0.496. The van der Waals surface area contributed by atoms with Crippen molar-refractivity contribution in [3.63, 3.8) is 0 Å². The van der Waals surface area contributed by atoms with Crippen LogP contribution in [0.5, 0.6) is 5.75 Å². The maximum absolute atomic E-state index is 5.57. The van der Waals surface area contributed by atoms with Gasteiger partial charge in [-0.05, 0) is 30.7 Å². The highest BCUT2D eigenvalue weighted by molar-refractivity contribution is 6.29. The van der Waals surface area contributed by atoms with E-state index in [1.54, 1.807) is 0 Å². The molecule has 1 aromatic carbocycles. The predicted molar refractivity (Wildman–Crippen MR) is 59.7 cm³/mol. The third-order valence-corrected chi connectivity index (χ3v) is 1.86. The van der Waals surface area contributed by atoms with E-state index in [0.717, 1.165) is 12.2 Å². The number of hydrogen-bond acceptors (Lipinski definition) is 2. The molecular formula is C11H14ClNO. The van der Waals surface area contributed by atoms with Crippen molar-refractivity contribution in [1.82, 2.24) is 0 Å². The highest BCUT2D eigenvalue weighted by Gasteiger charge is 1.95. The van der Waals surface area contributed by atoms with Crippen LogP contribution in [0, 0.1) is 0 Å². The molecule has 0 heterocycles. The molecule has 2 N–H and O–H groups in total. The average Bonchev–Trinajstić information content (AvgIpc) is 2.17. The fourth-order valence-corrected chi connectivity index (χ4v) is 1.14. The summed E-state index contributed by atoms with van der Waals surface area (Å²) >= 11 is 5.57. The summed E-state index contributed by atoms with van der Waals surface area (Å²) in [4.78, 5) is 0. The molecule has 0 saturated carbocycles. The van der Waals surface area contributed by atoms with E-state index in [4.69, 9.17) is 22.1 Å². The van der Waals surface area contributed by atoms with Gasteiger partial charge in [-0.1, -0.05) is 30.3 Å². The van der Waals surface area contributed by atoms with Gasteiger partial charge in [0, 0.05) is 5.03 Å². The number of hydrogen-bond donors (Lipinski definition) is 1. The van der Waals surface area contributed by atoms with E-state index in [9.17, 15) is 0 Å². The van der Waals surface area contributed by atoms with Gasteiger partial charge in [-0.3, -0.25) is 0 Å². The molecule has 3 heteroatoms. The van der Waals surface area contributed by atoms with Crippen LogP contribution < -0.4 is 10.5 Å². The molecule has 2 nitrogen and oxygen atoms in total. The topological polar surface area (TPSA) is 35.2 Å². The molecule has 14 heavy (non-hydrogen) atoms. The van der Waals surface area contributed by atoms with Crippen molar-refractivity contribution in [1.29, 1.82) is 0 Å². The Labute approximate surface area is 89.3 Å². The monoisotopic (exact) mass is 211 g/mol. The molecule has 0 aromatic heterocycles. The summed E-state index contributed by atoms with van der Waals surface area (Å²) in [7, 11) is 0. The maximum atomic E-state index is 5.57. The summed E-state index contributed by atoms with van der Waals surface area (Å²) in [6.45, 7) is 4.55. The minimum Gasteiger partial charge on any atom is -0.488 e. The molecule has 0 amide bonds. The Bertz CT molecular complexity index is 295. The first-order chi connectivity index (χ1) is 6.72. The standard InChI is InChI=1S/C11H14ClNO/c1-9(12)8-14-11-4-2-10(3-5-11)6-7-13/h2-5H,1,6-8,13H2. The average molecular weight is 212 g/mol. The second kappa shape index (κ2) is 5.68. The maximum Gasteiger partial charge on any atom is 0.123 e. The Morgan fingerprint density at radius 3 is 2.50 bits per heavy atom. The van der Waals surface area contributed by atoms with Gasteiger partial charge in [0.25, 0.3) is 0 Å². The van der Waals surface area contributed by atoms with E-state index in [2.05, 4.69) is 6.58 Å². The van der Waals surface area contributed by atoms with E-state index in [-0.39, 0.29) is 0 Å². The molecule has 76 valence electrons. The molecule has 0 atom stereocenters. The first kappa shape index (κ1) is 11.1. The minimum absolute atomic E-state index is 0.345. The fraction of sp³-hybridized carbons (Fsp3) is 0.273. The zero-order valence-corrected chi connectivity index (χ0v) is 8.76. The number of nitrogens with two attached hydrogens (primary N) is 1. The van der Waals surface area contributed by atoms with Crippen LogP contribution in [0.2, 0.25) is 0 Å². The Morgan fingerprint density at radius 1 is 1.36 bits per heavy atom. The zero-order valence-electron chi connectivity index (χ0n) is 8.00. The van der Waals surface area contributed by atoms with E-state index in [0.29, 0.717) is 18.2 Å². The number of ether oxygens (including phenoxy) is 1. The smallest absolute Gasteiger partial charge is 0.123 e. The van der Waals surface area contributed by atoms with Crippen molar-refractivity contribution in [2.24, 2.45) is 5.73 Å². The first-order valence-electron chi connectivity index (χ1n) is 4.47. The van der Waals surface area contributed by atoms with E-state index in [1.807, 2.05) is 24.3 Å². The van der Waals surface area contributed by atoms with Crippen molar-refractivity contribution in [2.75, 3.05) is 13.2 Å². The van der Waals surface area contributed by atoms with Crippen molar-refractivity contribution in [2.45, 2.75) is 6.42 Å². The Morgan fingerprint density at radius 2 is 2.00 bits per heavy atom. The van der Waals surface area contributed by atoms with Crippen LogP contribution in [0.3, 0.4) is 0 Å². The molecule has 0 spiro atoms. The van der Waals surface area contributed by atoms with Gasteiger partial charge in [0.05, 0.1) is 0 Å². The third kappa shape index (κ3) is 3.81. The predicted octanol–water partition coefficient (Wildman–Crippen LogP) is 2.32. The minimum atomic E-state index is 0.345. The summed E-state index contributed by atoms with van der Waals surface area (Å²) < 4.78 is 5.34. The number of benzene rings is 1. The molecule has 0 fully saturated rings. The van der Waals surface area contributed by atoms with E-state index >= 15 is 0 Å².